The third-order valence-corrected chi connectivity index (χ3v) is 3.87. The van der Waals surface area contributed by atoms with E-state index in [0.717, 1.165) is 38.6 Å². The topological polar surface area (TPSA) is 21.3 Å². The molecule has 0 saturated carbocycles. The highest BCUT2D eigenvalue weighted by Crippen LogP contribution is 2.24. The zero-order valence-electron chi connectivity index (χ0n) is 10.8. The average Bonchev–Trinajstić information content (AvgIpc) is 2.38. The van der Waals surface area contributed by atoms with E-state index in [1.165, 1.54) is 0 Å². The van der Waals surface area contributed by atoms with Crippen molar-refractivity contribution in [1.29, 1.82) is 0 Å². The summed E-state index contributed by atoms with van der Waals surface area (Å²) < 4.78 is 6.26. The van der Waals surface area contributed by atoms with Crippen molar-refractivity contribution in [2.45, 2.75) is 13.5 Å². The second-order valence-corrected chi connectivity index (χ2v) is 5.56. The van der Waals surface area contributed by atoms with Crippen LogP contribution in [-0.2, 0) is 6.54 Å². The lowest BCUT2D eigenvalue weighted by molar-refractivity contribution is 0.412. The molecule has 2 aromatic rings. The van der Waals surface area contributed by atoms with E-state index in [2.05, 4.69) is 27.3 Å². The fourth-order valence-electron chi connectivity index (χ4n) is 1.85. The summed E-state index contributed by atoms with van der Waals surface area (Å²) in [6, 6.07) is 11.9. The summed E-state index contributed by atoms with van der Waals surface area (Å²) in [7, 11) is 1.68. The van der Waals surface area contributed by atoms with Gasteiger partial charge in [0.25, 0.3) is 0 Å². The molecule has 100 valence electrons. The molecule has 0 radical (unpaired) electrons. The molecule has 2 aromatic carbocycles. The Morgan fingerprint density at radius 3 is 2.63 bits per heavy atom. The molecule has 0 bridgehead atoms. The molecule has 0 amide bonds. The quantitative estimate of drug-likeness (QED) is 0.842. The summed E-state index contributed by atoms with van der Waals surface area (Å²) >= 11 is 9.44. The normalized spacial score (nSPS) is 10.3. The molecule has 0 atom stereocenters. The molecule has 4 heteroatoms. The maximum absolute atomic E-state index is 5.92. The zero-order valence-corrected chi connectivity index (χ0v) is 13.2. The smallest absolute Gasteiger partial charge is 0.121 e. The summed E-state index contributed by atoms with van der Waals surface area (Å²) in [6.45, 7) is 2.77. The highest BCUT2D eigenvalue weighted by molar-refractivity contribution is 9.10. The van der Waals surface area contributed by atoms with Gasteiger partial charge >= 0.3 is 0 Å². The van der Waals surface area contributed by atoms with Crippen molar-refractivity contribution in [1.82, 2.24) is 0 Å². The summed E-state index contributed by atoms with van der Waals surface area (Å²) in [4.78, 5) is 0. The lowest BCUT2D eigenvalue weighted by atomic mass is 10.2. The molecule has 1 N–H and O–H groups in total. The fraction of sp³-hybridized carbons (Fsp3) is 0.200. The van der Waals surface area contributed by atoms with Crippen molar-refractivity contribution in [2.75, 3.05) is 12.4 Å². The third kappa shape index (κ3) is 3.64. The van der Waals surface area contributed by atoms with Crippen LogP contribution in [0.4, 0.5) is 5.69 Å². The van der Waals surface area contributed by atoms with Gasteiger partial charge in [0.15, 0.2) is 0 Å². The number of halogens is 2. The molecular formula is C15H15BrClNO. The maximum atomic E-state index is 5.92. The summed E-state index contributed by atoms with van der Waals surface area (Å²) in [5, 5.41) is 4.12. The third-order valence-electron chi connectivity index (χ3n) is 2.89. The summed E-state index contributed by atoms with van der Waals surface area (Å²) in [5.41, 5.74) is 3.35. The molecule has 0 spiro atoms. The van der Waals surface area contributed by atoms with Gasteiger partial charge in [-0.15, -0.1) is 0 Å². The van der Waals surface area contributed by atoms with E-state index < -0.39 is 0 Å². The summed E-state index contributed by atoms with van der Waals surface area (Å²) in [6.07, 6.45) is 0. The van der Waals surface area contributed by atoms with E-state index in [-0.39, 0.29) is 0 Å². The molecule has 0 saturated heterocycles. The number of nitrogens with one attached hydrogen (secondary N) is 1. The van der Waals surface area contributed by atoms with Crippen molar-refractivity contribution in [3.05, 3.63) is 57.0 Å². The first-order chi connectivity index (χ1) is 9.10. The van der Waals surface area contributed by atoms with Crippen LogP contribution in [0.1, 0.15) is 11.1 Å². The van der Waals surface area contributed by atoms with Gasteiger partial charge in [0.1, 0.15) is 5.75 Å². The lowest BCUT2D eigenvalue weighted by Crippen LogP contribution is -2.00. The van der Waals surface area contributed by atoms with Gasteiger partial charge in [0.05, 0.1) is 7.11 Å². The van der Waals surface area contributed by atoms with Crippen LogP contribution in [0.5, 0.6) is 5.75 Å². The van der Waals surface area contributed by atoms with Crippen LogP contribution >= 0.6 is 27.5 Å². The average molecular weight is 341 g/mol. The minimum absolute atomic E-state index is 0.732. The van der Waals surface area contributed by atoms with E-state index in [1.54, 1.807) is 7.11 Å². The molecule has 0 heterocycles. The number of hydrogen-bond donors (Lipinski definition) is 1. The molecule has 0 unspecified atom stereocenters. The maximum Gasteiger partial charge on any atom is 0.121 e. The molecule has 0 aliphatic heterocycles. The van der Waals surface area contributed by atoms with Gasteiger partial charge in [-0.1, -0.05) is 33.6 Å². The van der Waals surface area contributed by atoms with Crippen LogP contribution < -0.4 is 10.1 Å². The predicted octanol–water partition coefficient (Wildman–Crippen LogP) is 5.03. The molecule has 0 aromatic heterocycles. The van der Waals surface area contributed by atoms with Crippen LogP contribution in [0.2, 0.25) is 5.02 Å². The van der Waals surface area contributed by atoms with Gasteiger partial charge in [-0.25, -0.2) is 0 Å². The largest absolute Gasteiger partial charge is 0.496 e. The number of rotatable bonds is 4. The van der Waals surface area contributed by atoms with Gasteiger partial charge in [-0.2, -0.15) is 0 Å². The number of aryl methyl sites for hydroxylation is 1. The van der Waals surface area contributed by atoms with Gasteiger partial charge < -0.3 is 10.1 Å². The Labute approximate surface area is 126 Å². The number of benzene rings is 2. The van der Waals surface area contributed by atoms with Gasteiger partial charge in [0.2, 0.25) is 0 Å². The van der Waals surface area contributed by atoms with E-state index in [0.29, 0.717) is 0 Å². The second kappa shape index (κ2) is 6.31. The van der Waals surface area contributed by atoms with E-state index in [9.17, 15) is 0 Å². The van der Waals surface area contributed by atoms with Crippen LogP contribution in [0.15, 0.2) is 40.9 Å². The highest BCUT2D eigenvalue weighted by Gasteiger charge is 2.03. The van der Waals surface area contributed by atoms with E-state index in [1.807, 2.05) is 37.3 Å². The SMILES string of the molecule is COc1ccc(NCc2ccc(Cl)cc2Br)cc1C. The van der Waals surface area contributed by atoms with Gasteiger partial charge in [-0.3, -0.25) is 0 Å². The first kappa shape index (κ1) is 14.2. The number of ether oxygens (including phenoxy) is 1. The van der Waals surface area contributed by atoms with Crippen LogP contribution in [0.25, 0.3) is 0 Å². The molecule has 19 heavy (non-hydrogen) atoms. The number of anilines is 1. The van der Waals surface area contributed by atoms with Gasteiger partial charge in [-0.05, 0) is 48.4 Å². The fourth-order valence-corrected chi connectivity index (χ4v) is 2.67. The van der Waals surface area contributed by atoms with Crippen molar-refractivity contribution in [3.63, 3.8) is 0 Å². The van der Waals surface area contributed by atoms with Crippen molar-refractivity contribution in [2.24, 2.45) is 0 Å². The second-order valence-electron chi connectivity index (χ2n) is 4.27. The molecule has 0 fully saturated rings. The Morgan fingerprint density at radius 1 is 1.21 bits per heavy atom. The molecule has 0 aliphatic rings. The first-order valence-electron chi connectivity index (χ1n) is 5.92. The molecule has 2 rings (SSSR count). The predicted molar refractivity (Wildman–Crippen MR) is 84.2 cm³/mol. The van der Waals surface area contributed by atoms with E-state index >= 15 is 0 Å². The summed E-state index contributed by atoms with van der Waals surface area (Å²) in [5.74, 6) is 0.901. The minimum atomic E-state index is 0.732. The van der Waals surface area contributed by atoms with Crippen LogP contribution in [0, 0.1) is 6.92 Å². The lowest BCUT2D eigenvalue weighted by Gasteiger charge is -2.11. The Bertz CT molecular complexity index is 586. The van der Waals surface area contributed by atoms with E-state index in [4.69, 9.17) is 16.3 Å². The molecule has 2 nitrogen and oxygen atoms in total. The molecular weight excluding hydrogens is 326 g/mol. The van der Waals surface area contributed by atoms with Crippen molar-refractivity contribution >= 4 is 33.2 Å². The van der Waals surface area contributed by atoms with Gasteiger partial charge in [0, 0.05) is 21.7 Å². The van der Waals surface area contributed by atoms with Crippen molar-refractivity contribution < 1.29 is 4.74 Å². The Hall–Kier alpha value is -1.19. The van der Waals surface area contributed by atoms with Crippen LogP contribution in [0.3, 0.4) is 0 Å². The Kier molecular flexibility index (Phi) is 4.72. The number of hydrogen-bond acceptors (Lipinski definition) is 2. The first-order valence-corrected chi connectivity index (χ1v) is 7.09. The zero-order chi connectivity index (χ0) is 13.8. The standard InChI is InChI=1S/C15H15BrClNO/c1-10-7-13(5-6-15(10)19-2)18-9-11-3-4-12(17)8-14(11)16/h3-8,18H,9H2,1-2H3. The van der Waals surface area contributed by atoms with Crippen LogP contribution in [-0.4, -0.2) is 7.11 Å². The Balaban J connectivity index is 2.08. The Morgan fingerprint density at radius 2 is 2.00 bits per heavy atom. The minimum Gasteiger partial charge on any atom is -0.496 e. The monoisotopic (exact) mass is 339 g/mol. The highest BCUT2D eigenvalue weighted by atomic mass is 79.9. The number of methoxy groups -OCH3 is 1. The molecule has 0 aliphatic carbocycles. The van der Waals surface area contributed by atoms with Crippen molar-refractivity contribution in [3.8, 4) is 5.75 Å².